The van der Waals surface area contributed by atoms with Gasteiger partial charge in [0.1, 0.15) is 12.3 Å². The van der Waals surface area contributed by atoms with Crippen LogP contribution in [0.25, 0.3) is 11.0 Å². The summed E-state index contributed by atoms with van der Waals surface area (Å²) in [6, 6.07) is 12.2. The first-order valence-electron chi connectivity index (χ1n) is 8.30. The highest BCUT2D eigenvalue weighted by Crippen LogP contribution is 2.28. The molecule has 0 aliphatic rings. The molecule has 0 spiro atoms. The fraction of sp³-hybridized carbons (Fsp3) is 0.211. The van der Waals surface area contributed by atoms with Gasteiger partial charge in [0.05, 0.1) is 23.8 Å². The number of aromatic nitrogens is 2. The van der Waals surface area contributed by atoms with Crippen LogP contribution >= 0.6 is 0 Å². The predicted octanol–water partition coefficient (Wildman–Crippen LogP) is 1.95. The molecule has 2 amide bonds. The predicted molar refractivity (Wildman–Crippen MR) is 103 cm³/mol. The van der Waals surface area contributed by atoms with Gasteiger partial charge in [-0.05, 0) is 30.3 Å². The summed E-state index contributed by atoms with van der Waals surface area (Å²) in [6.07, 6.45) is 0. The van der Waals surface area contributed by atoms with Crippen LogP contribution in [0.4, 0.5) is 11.4 Å². The van der Waals surface area contributed by atoms with Gasteiger partial charge < -0.3 is 15.4 Å². The van der Waals surface area contributed by atoms with E-state index in [4.69, 9.17) is 4.74 Å². The Morgan fingerprint density at radius 2 is 1.78 bits per heavy atom. The van der Waals surface area contributed by atoms with Gasteiger partial charge in [0, 0.05) is 19.7 Å². The van der Waals surface area contributed by atoms with Gasteiger partial charge in [0.2, 0.25) is 11.8 Å². The van der Waals surface area contributed by atoms with Gasteiger partial charge >= 0.3 is 5.69 Å². The number of methoxy groups -OCH3 is 1. The Labute approximate surface area is 155 Å². The van der Waals surface area contributed by atoms with Crippen LogP contribution < -0.4 is 21.1 Å². The number of anilines is 2. The van der Waals surface area contributed by atoms with E-state index in [1.165, 1.54) is 23.2 Å². The lowest BCUT2D eigenvalue weighted by Gasteiger charge is -2.12. The van der Waals surface area contributed by atoms with Gasteiger partial charge in [-0.1, -0.05) is 12.1 Å². The van der Waals surface area contributed by atoms with E-state index in [1.54, 1.807) is 31.3 Å². The minimum absolute atomic E-state index is 0.145. The van der Waals surface area contributed by atoms with Gasteiger partial charge in [-0.15, -0.1) is 0 Å². The third-order valence-corrected chi connectivity index (χ3v) is 4.15. The molecule has 8 nitrogen and oxygen atoms in total. The van der Waals surface area contributed by atoms with Crippen molar-refractivity contribution < 1.29 is 14.3 Å². The molecule has 2 aromatic carbocycles. The van der Waals surface area contributed by atoms with Crippen LogP contribution in [-0.4, -0.2) is 28.1 Å². The molecule has 140 valence electrons. The topological polar surface area (TPSA) is 94.4 Å². The Balaban J connectivity index is 1.88. The van der Waals surface area contributed by atoms with Gasteiger partial charge in [0.25, 0.3) is 0 Å². The standard InChI is InChI=1S/C19H20N4O4/c1-12(24)20-13-8-9-17(27-3)14(10-13)21-18(25)11-23-16-7-5-4-6-15(16)22(2)19(23)26/h4-10H,11H2,1-3H3,(H,20,24)(H,21,25). The Morgan fingerprint density at radius 3 is 2.44 bits per heavy atom. The lowest BCUT2D eigenvalue weighted by Crippen LogP contribution is -2.28. The maximum atomic E-state index is 12.6. The van der Waals surface area contributed by atoms with Crippen LogP contribution in [0.5, 0.6) is 5.75 Å². The van der Waals surface area contributed by atoms with E-state index in [9.17, 15) is 14.4 Å². The Bertz CT molecular complexity index is 1080. The molecule has 0 aliphatic carbocycles. The molecular formula is C19H20N4O4. The lowest BCUT2D eigenvalue weighted by molar-refractivity contribution is -0.117. The van der Waals surface area contributed by atoms with Crippen molar-refractivity contribution in [3.8, 4) is 5.75 Å². The molecule has 1 aromatic heterocycles. The van der Waals surface area contributed by atoms with Crippen LogP contribution in [-0.2, 0) is 23.2 Å². The fourth-order valence-corrected chi connectivity index (χ4v) is 2.94. The Hall–Kier alpha value is -3.55. The fourth-order valence-electron chi connectivity index (χ4n) is 2.94. The normalized spacial score (nSPS) is 10.6. The van der Waals surface area contributed by atoms with Crippen molar-refractivity contribution >= 4 is 34.2 Å². The molecule has 0 saturated carbocycles. The average molecular weight is 368 g/mol. The third kappa shape index (κ3) is 3.69. The van der Waals surface area contributed by atoms with Gasteiger partial charge in [-0.3, -0.25) is 18.7 Å². The number of hydrogen-bond acceptors (Lipinski definition) is 4. The zero-order valence-corrected chi connectivity index (χ0v) is 15.3. The second-order valence-corrected chi connectivity index (χ2v) is 6.06. The van der Waals surface area contributed by atoms with E-state index in [0.29, 0.717) is 22.6 Å². The highest BCUT2D eigenvalue weighted by molar-refractivity contribution is 5.95. The van der Waals surface area contributed by atoms with Crippen molar-refractivity contribution in [2.75, 3.05) is 17.7 Å². The quantitative estimate of drug-likeness (QED) is 0.720. The maximum Gasteiger partial charge on any atom is 0.329 e. The van der Waals surface area contributed by atoms with Crippen molar-refractivity contribution in [2.24, 2.45) is 7.05 Å². The summed E-state index contributed by atoms with van der Waals surface area (Å²) in [5, 5.41) is 5.39. The molecular weight excluding hydrogens is 348 g/mol. The van der Waals surface area contributed by atoms with Crippen molar-refractivity contribution in [3.63, 3.8) is 0 Å². The molecule has 0 fully saturated rings. The van der Waals surface area contributed by atoms with E-state index in [1.807, 2.05) is 18.2 Å². The summed E-state index contributed by atoms with van der Waals surface area (Å²) in [5.74, 6) is -0.158. The number of amides is 2. The molecule has 27 heavy (non-hydrogen) atoms. The summed E-state index contributed by atoms with van der Waals surface area (Å²) >= 11 is 0. The molecule has 2 N–H and O–H groups in total. The number of rotatable bonds is 5. The number of benzene rings is 2. The van der Waals surface area contributed by atoms with E-state index in [2.05, 4.69) is 10.6 Å². The summed E-state index contributed by atoms with van der Waals surface area (Å²) < 4.78 is 8.17. The number of para-hydroxylation sites is 2. The van der Waals surface area contributed by atoms with E-state index < -0.39 is 0 Å². The minimum Gasteiger partial charge on any atom is -0.495 e. The van der Waals surface area contributed by atoms with Crippen molar-refractivity contribution in [3.05, 3.63) is 52.9 Å². The number of hydrogen-bond donors (Lipinski definition) is 2. The SMILES string of the molecule is COc1ccc(NC(C)=O)cc1NC(=O)Cn1c(=O)n(C)c2ccccc21. The molecule has 0 aliphatic heterocycles. The largest absolute Gasteiger partial charge is 0.495 e. The van der Waals surface area contributed by atoms with Crippen LogP contribution in [0.1, 0.15) is 6.92 Å². The van der Waals surface area contributed by atoms with Crippen LogP contribution in [0.3, 0.4) is 0 Å². The molecule has 0 radical (unpaired) electrons. The number of fused-ring (bicyclic) bond motifs is 1. The monoisotopic (exact) mass is 368 g/mol. The number of nitrogens with zero attached hydrogens (tertiary/aromatic N) is 2. The summed E-state index contributed by atoms with van der Waals surface area (Å²) in [5.41, 5.74) is 2.09. The summed E-state index contributed by atoms with van der Waals surface area (Å²) in [4.78, 5) is 36.3. The number of ether oxygens (including phenoxy) is 1. The number of carbonyl (C=O) groups is 2. The molecule has 0 bridgehead atoms. The third-order valence-electron chi connectivity index (χ3n) is 4.15. The number of nitrogens with one attached hydrogen (secondary N) is 2. The highest BCUT2D eigenvalue weighted by Gasteiger charge is 2.15. The smallest absolute Gasteiger partial charge is 0.329 e. The number of aryl methyl sites for hydroxylation is 1. The Kier molecular flexibility index (Phi) is 4.98. The van der Waals surface area contributed by atoms with Crippen LogP contribution in [0, 0.1) is 0 Å². The molecule has 1 heterocycles. The first-order valence-corrected chi connectivity index (χ1v) is 8.30. The molecule has 3 aromatic rings. The van der Waals surface area contributed by atoms with Crippen molar-refractivity contribution in [1.29, 1.82) is 0 Å². The van der Waals surface area contributed by atoms with E-state index >= 15 is 0 Å². The average Bonchev–Trinajstić information content (AvgIpc) is 2.87. The zero-order valence-electron chi connectivity index (χ0n) is 15.3. The van der Waals surface area contributed by atoms with Crippen LogP contribution in [0.15, 0.2) is 47.3 Å². The maximum absolute atomic E-state index is 12.6. The number of carbonyl (C=O) groups excluding carboxylic acids is 2. The van der Waals surface area contributed by atoms with Gasteiger partial charge in [-0.2, -0.15) is 0 Å². The highest BCUT2D eigenvalue weighted by atomic mass is 16.5. The number of imidazole rings is 1. The van der Waals surface area contributed by atoms with E-state index in [0.717, 1.165) is 5.52 Å². The molecule has 0 atom stereocenters. The molecule has 3 rings (SSSR count). The summed E-state index contributed by atoms with van der Waals surface area (Å²) in [7, 11) is 3.15. The molecule has 0 saturated heterocycles. The first kappa shape index (κ1) is 18.2. The van der Waals surface area contributed by atoms with E-state index in [-0.39, 0.29) is 24.0 Å². The van der Waals surface area contributed by atoms with Crippen LogP contribution in [0.2, 0.25) is 0 Å². The van der Waals surface area contributed by atoms with Crippen molar-refractivity contribution in [1.82, 2.24) is 9.13 Å². The van der Waals surface area contributed by atoms with Gasteiger partial charge in [0.15, 0.2) is 0 Å². The zero-order chi connectivity index (χ0) is 19.6. The molecule has 0 unspecified atom stereocenters. The minimum atomic E-state index is -0.383. The lowest BCUT2D eigenvalue weighted by atomic mass is 10.2. The second kappa shape index (κ2) is 7.36. The second-order valence-electron chi connectivity index (χ2n) is 6.06. The Morgan fingerprint density at radius 1 is 1.07 bits per heavy atom. The van der Waals surface area contributed by atoms with Gasteiger partial charge in [-0.25, -0.2) is 4.79 Å². The van der Waals surface area contributed by atoms with Crippen molar-refractivity contribution in [2.45, 2.75) is 13.5 Å². The summed E-state index contributed by atoms with van der Waals surface area (Å²) in [6.45, 7) is 1.25. The first-order chi connectivity index (χ1) is 12.9. The molecule has 8 heteroatoms.